The standard InChI is InChI=1S/C17H28O4/c1-5-18-14-11(3)13-7-6-10(2)12-8-9-16(4)20-15(19-14)17(12,13)21-16/h10-15H,5-9H2,1-4H3/t10-,11+,12+,13-,14-,15-,16-,17?/m0/s1. The highest BCUT2D eigenvalue weighted by molar-refractivity contribution is 5.12. The summed E-state index contributed by atoms with van der Waals surface area (Å²) in [4.78, 5) is 0. The number of hydrogen-bond donors (Lipinski definition) is 0. The molecule has 120 valence electrons. The zero-order valence-electron chi connectivity index (χ0n) is 13.6. The molecule has 1 spiro atoms. The maximum absolute atomic E-state index is 6.61. The first-order valence-corrected chi connectivity index (χ1v) is 8.65. The third kappa shape index (κ3) is 1.82. The average molecular weight is 296 g/mol. The minimum absolute atomic E-state index is 0.156. The zero-order chi connectivity index (χ0) is 14.8. The van der Waals surface area contributed by atoms with E-state index in [1.165, 1.54) is 19.3 Å². The normalized spacial score (nSPS) is 58.9. The number of fused-ring (bicyclic) bond motifs is 1. The molecule has 4 rings (SSSR count). The summed E-state index contributed by atoms with van der Waals surface area (Å²) in [6, 6.07) is 0. The second kappa shape index (κ2) is 4.67. The summed E-state index contributed by atoms with van der Waals surface area (Å²) in [5.41, 5.74) is -0.238. The fourth-order valence-electron chi connectivity index (χ4n) is 5.49. The largest absolute Gasteiger partial charge is 0.353 e. The minimum Gasteiger partial charge on any atom is -0.353 e. The van der Waals surface area contributed by atoms with Gasteiger partial charge in [0.1, 0.15) is 5.60 Å². The molecule has 4 aliphatic rings. The smallest absolute Gasteiger partial charge is 0.193 e. The van der Waals surface area contributed by atoms with Gasteiger partial charge in [0.2, 0.25) is 0 Å². The van der Waals surface area contributed by atoms with Gasteiger partial charge in [-0.15, -0.1) is 0 Å². The highest BCUT2D eigenvalue weighted by atomic mass is 16.9. The van der Waals surface area contributed by atoms with Crippen LogP contribution in [0.2, 0.25) is 0 Å². The van der Waals surface area contributed by atoms with Gasteiger partial charge in [-0.2, -0.15) is 0 Å². The van der Waals surface area contributed by atoms with Crippen LogP contribution >= 0.6 is 0 Å². The van der Waals surface area contributed by atoms with E-state index in [9.17, 15) is 0 Å². The molecule has 3 heterocycles. The summed E-state index contributed by atoms with van der Waals surface area (Å²) in [7, 11) is 0. The predicted molar refractivity (Wildman–Crippen MR) is 77.4 cm³/mol. The zero-order valence-corrected chi connectivity index (χ0v) is 13.6. The van der Waals surface area contributed by atoms with Crippen molar-refractivity contribution < 1.29 is 18.9 Å². The van der Waals surface area contributed by atoms with E-state index in [-0.39, 0.29) is 18.2 Å². The Kier molecular flexibility index (Phi) is 3.21. The second-order valence-electron chi connectivity index (χ2n) is 7.66. The van der Waals surface area contributed by atoms with Crippen molar-refractivity contribution in [3.8, 4) is 0 Å². The van der Waals surface area contributed by atoms with Crippen LogP contribution in [0.1, 0.15) is 53.4 Å². The van der Waals surface area contributed by atoms with Crippen molar-refractivity contribution in [2.75, 3.05) is 6.61 Å². The fraction of sp³-hybridized carbons (Fsp3) is 1.00. The van der Waals surface area contributed by atoms with Crippen molar-refractivity contribution in [3.63, 3.8) is 0 Å². The Morgan fingerprint density at radius 3 is 2.71 bits per heavy atom. The molecule has 0 N–H and O–H groups in total. The quantitative estimate of drug-likeness (QED) is 0.783. The van der Waals surface area contributed by atoms with E-state index in [0.717, 1.165) is 6.42 Å². The lowest BCUT2D eigenvalue weighted by atomic mass is 9.57. The van der Waals surface area contributed by atoms with E-state index < -0.39 is 5.79 Å². The molecule has 0 amide bonds. The van der Waals surface area contributed by atoms with Gasteiger partial charge in [0, 0.05) is 24.9 Å². The first-order valence-electron chi connectivity index (χ1n) is 8.65. The average Bonchev–Trinajstić information content (AvgIpc) is 2.65. The van der Waals surface area contributed by atoms with E-state index in [1.807, 2.05) is 6.92 Å². The molecular formula is C17H28O4. The van der Waals surface area contributed by atoms with Crippen molar-refractivity contribution >= 4 is 0 Å². The molecule has 3 aliphatic heterocycles. The van der Waals surface area contributed by atoms with Gasteiger partial charge in [0.15, 0.2) is 18.4 Å². The molecule has 0 aromatic heterocycles. The first-order chi connectivity index (χ1) is 10.00. The second-order valence-corrected chi connectivity index (χ2v) is 7.66. The lowest BCUT2D eigenvalue weighted by Crippen LogP contribution is -2.66. The lowest BCUT2D eigenvalue weighted by molar-refractivity contribution is -0.336. The molecule has 4 heteroatoms. The first kappa shape index (κ1) is 14.4. The third-order valence-electron chi connectivity index (χ3n) is 6.46. The van der Waals surface area contributed by atoms with E-state index in [4.69, 9.17) is 18.9 Å². The number of ether oxygens (including phenoxy) is 4. The van der Waals surface area contributed by atoms with Gasteiger partial charge < -0.3 is 18.9 Å². The van der Waals surface area contributed by atoms with Crippen LogP contribution in [0.4, 0.5) is 0 Å². The molecule has 4 fully saturated rings. The Labute approximate surface area is 127 Å². The molecule has 21 heavy (non-hydrogen) atoms. The van der Waals surface area contributed by atoms with E-state index >= 15 is 0 Å². The van der Waals surface area contributed by atoms with Gasteiger partial charge >= 0.3 is 0 Å². The van der Waals surface area contributed by atoms with Crippen molar-refractivity contribution in [1.82, 2.24) is 0 Å². The Balaban J connectivity index is 1.74. The maximum Gasteiger partial charge on any atom is 0.193 e. The fourth-order valence-corrected chi connectivity index (χ4v) is 5.49. The molecule has 2 bridgehead atoms. The topological polar surface area (TPSA) is 36.9 Å². The summed E-state index contributed by atoms with van der Waals surface area (Å²) in [6.07, 6.45) is 4.24. The van der Waals surface area contributed by atoms with Crippen LogP contribution in [0, 0.1) is 23.7 Å². The van der Waals surface area contributed by atoms with Gasteiger partial charge in [-0.1, -0.05) is 13.8 Å². The van der Waals surface area contributed by atoms with Gasteiger partial charge in [-0.05, 0) is 44.9 Å². The summed E-state index contributed by atoms with van der Waals surface area (Å²) in [5, 5.41) is 0. The van der Waals surface area contributed by atoms with Crippen LogP contribution in [0.5, 0.6) is 0 Å². The Morgan fingerprint density at radius 1 is 1.14 bits per heavy atom. The van der Waals surface area contributed by atoms with E-state index in [1.54, 1.807) is 0 Å². The van der Waals surface area contributed by atoms with Gasteiger partial charge in [0.25, 0.3) is 0 Å². The summed E-state index contributed by atoms with van der Waals surface area (Å²) in [6.45, 7) is 9.42. The highest BCUT2D eigenvalue weighted by Gasteiger charge is 2.71. The van der Waals surface area contributed by atoms with Crippen LogP contribution in [0.25, 0.3) is 0 Å². The van der Waals surface area contributed by atoms with Crippen molar-refractivity contribution in [1.29, 1.82) is 0 Å². The number of rotatable bonds is 2. The highest BCUT2D eigenvalue weighted by Crippen LogP contribution is 2.63. The summed E-state index contributed by atoms with van der Waals surface area (Å²) >= 11 is 0. The van der Waals surface area contributed by atoms with Crippen LogP contribution < -0.4 is 0 Å². The molecule has 4 nitrogen and oxygen atoms in total. The summed E-state index contributed by atoms with van der Waals surface area (Å²) < 4.78 is 25.0. The van der Waals surface area contributed by atoms with E-state index in [2.05, 4.69) is 20.8 Å². The molecular weight excluding hydrogens is 268 g/mol. The monoisotopic (exact) mass is 296 g/mol. The lowest BCUT2D eigenvalue weighted by Gasteiger charge is -2.58. The maximum atomic E-state index is 6.61. The predicted octanol–water partition coefficient (Wildman–Crippen LogP) is 3.30. The third-order valence-corrected chi connectivity index (χ3v) is 6.46. The van der Waals surface area contributed by atoms with Crippen LogP contribution in [-0.2, 0) is 18.9 Å². The summed E-state index contributed by atoms with van der Waals surface area (Å²) in [5.74, 6) is 1.63. The van der Waals surface area contributed by atoms with Crippen molar-refractivity contribution in [3.05, 3.63) is 0 Å². The van der Waals surface area contributed by atoms with Crippen LogP contribution in [0.3, 0.4) is 0 Å². The van der Waals surface area contributed by atoms with Gasteiger partial charge in [0.05, 0.1) is 0 Å². The minimum atomic E-state index is -0.461. The Hall–Kier alpha value is -0.160. The molecule has 1 aliphatic carbocycles. The molecule has 0 aromatic carbocycles. The Bertz CT molecular complexity index is 427. The van der Waals surface area contributed by atoms with Gasteiger partial charge in [-0.25, -0.2) is 0 Å². The molecule has 0 radical (unpaired) electrons. The number of hydrogen-bond acceptors (Lipinski definition) is 4. The Morgan fingerprint density at radius 2 is 1.95 bits per heavy atom. The van der Waals surface area contributed by atoms with Crippen molar-refractivity contribution in [2.24, 2.45) is 23.7 Å². The molecule has 0 aromatic rings. The van der Waals surface area contributed by atoms with E-state index in [0.29, 0.717) is 30.3 Å². The van der Waals surface area contributed by atoms with Crippen molar-refractivity contribution in [2.45, 2.75) is 77.3 Å². The molecule has 8 atom stereocenters. The SMILES string of the molecule is CCO[C@H]1O[C@H]2O[C@]3(C)CC[C@@H]4[C@@H](C)CC[C@@H]([C@H]1C)C24O3. The van der Waals surface area contributed by atoms with Gasteiger partial charge in [-0.3, -0.25) is 0 Å². The molecule has 1 unspecified atom stereocenters. The molecule has 3 saturated heterocycles. The molecule has 1 saturated carbocycles. The van der Waals surface area contributed by atoms with Crippen LogP contribution in [-0.4, -0.2) is 30.6 Å². The van der Waals surface area contributed by atoms with Crippen LogP contribution in [0.15, 0.2) is 0 Å².